The molecular formula is C13H20B4O7S. The average molecular weight is 364 g/mol. The summed E-state index contributed by atoms with van der Waals surface area (Å²) in [6.45, 7) is -0.546. The molecule has 0 aromatic heterocycles. The van der Waals surface area contributed by atoms with E-state index in [1.165, 1.54) is 0 Å². The van der Waals surface area contributed by atoms with E-state index in [2.05, 4.69) is 0 Å². The molecule has 0 saturated carbocycles. The summed E-state index contributed by atoms with van der Waals surface area (Å²) in [6, 6.07) is 0. The molecule has 1 aromatic rings. The van der Waals surface area contributed by atoms with Crippen molar-refractivity contribution >= 4 is 58.9 Å². The Kier molecular flexibility index (Phi) is 7.37. The molecule has 0 atom stereocenters. The third kappa shape index (κ3) is 4.92. The van der Waals surface area contributed by atoms with Crippen molar-refractivity contribution in [3.05, 3.63) is 27.8 Å². The Hall–Kier alpha value is -1.67. The zero-order valence-electron chi connectivity index (χ0n) is 14.9. The summed E-state index contributed by atoms with van der Waals surface area (Å²) in [6.07, 6.45) is 1.72. The molecule has 7 nitrogen and oxygen atoms in total. The fourth-order valence-corrected chi connectivity index (χ4v) is 3.44. The van der Waals surface area contributed by atoms with Gasteiger partial charge in [-0.3, -0.25) is 4.55 Å². The molecule has 0 amide bonds. The summed E-state index contributed by atoms with van der Waals surface area (Å²) < 4.78 is 35.2. The van der Waals surface area contributed by atoms with Gasteiger partial charge in [-0.25, -0.2) is 9.59 Å². The van der Waals surface area contributed by atoms with Gasteiger partial charge >= 0.3 is 11.9 Å². The molecule has 0 aliphatic heterocycles. The van der Waals surface area contributed by atoms with Crippen LogP contribution in [0.25, 0.3) is 0 Å². The summed E-state index contributed by atoms with van der Waals surface area (Å²) in [7, 11) is 3.08. The number of esters is 1. The number of benzene rings is 1. The number of hydrogen-bond acceptors (Lipinski definition) is 5. The van der Waals surface area contributed by atoms with Crippen molar-refractivity contribution in [2.45, 2.75) is 19.0 Å². The number of carboxylic acids is 1. The number of carbonyl (C=O) groups is 2. The molecule has 1 rings (SSSR count). The first-order valence-corrected chi connectivity index (χ1v) is 9.72. The highest BCUT2D eigenvalue weighted by atomic mass is 32.2. The molecule has 0 bridgehead atoms. The summed E-state index contributed by atoms with van der Waals surface area (Å²) in [5.41, 5.74) is 2.82. The van der Waals surface area contributed by atoms with Crippen molar-refractivity contribution in [3.63, 3.8) is 0 Å². The van der Waals surface area contributed by atoms with Crippen LogP contribution in [0.4, 0.5) is 0 Å². The minimum absolute atomic E-state index is 0.0307. The lowest BCUT2D eigenvalue weighted by Gasteiger charge is -2.22. The summed E-state index contributed by atoms with van der Waals surface area (Å²) >= 11 is 0. The van der Waals surface area contributed by atoms with Gasteiger partial charge in [-0.15, -0.1) is 0 Å². The Morgan fingerprint density at radius 3 is 1.88 bits per heavy atom. The molecule has 25 heavy (non-hydrogen) atoms. The Balaban J connectivity index is 3.53. The van der Waals surface area contributed by atoms with Crippen LogP contribution in [0.15, 0.2) is 0 Å². The third-order valence-corrected chi connectivity index (χ3v) is 4.84. The van der Waals surface area contributed by atoms with Crippen LogP contribution in [0, 0.1) is 0 Å². The molecule has 0 heterocycles. The van der Waals surface area contributed by atoms with Crippen molar-refractivity contribution in [1.82, 2.24) is 0 Å². The van der Waals surface area contributed by atoms with Crippen LogP contribution in [0.1, 0.15) is 37.4 Å². The van der Waals surface area contributed by atoms with Crippen LogP contribution >= 0.6 is 0 Å². The predicted molar refractivity (Wildman–Crippen MR) is 105 cm³/mol. The maximum atomic E-state index is 12.5. The summed E-state index contributed by atoms with van der Waals surface area (Å²) in [5, 5.41) is 9.61. The SMILES string of the molecule is BCc1c(B)c(C(=O)O)c(C(=O)OCCS(=O)(=O)O)c(CB)c1CB. The Bertz CT molecular complexity index is 792. The van der Waals surface area contributed by atoms with E-state index >= 15 is 0 Å². The first-order valence-electron chi connectivity index (χ1n) is 8.11. The molecule has 0 unspecified atom stereocenters. The average Bonchev–Trinajstić information content (AvgIpc) is 2.51. The van der Waals surface area contributed by atoms with Gasteiger partial charge in [0.1, 0.15) is 43.7 Å². The second kappa shape index (κ2) is 8.62. The second-order valence-corrected chi connectivity index (χ2v) is 7.17. The molecule has 132 valence electrons. The van der Waals surface area contributed by atoms with Gasteiger partial charge in [0.25, 0.3) is 10.1 Å². The van der Waals surface area contributed by atoms with Gasteiger partial charge in [-0.1, -0.05) is 35.6 Å². The minimum atomic E-state index is -4.27. The fourth-order valence-electron chi connectivity index (χ4n) is 3.15. The van der Waals surface area contributed by atoms with Crippen LogP contribution in [-0.4, -0.2) is 73.8 Å². The fraction of sp³-hybridized carbons (Fsp3) is 0.385. The van der Waals surface area contributed by atoms with Crippen molar-refractivity contribution in [1.29, 1.82) is 0 Å². The lowest BCUT2D eigenvalue weighted by atomic mass is 9.70. The quantitative estimate of drug-likeness (QED) is 0.275. The molecule has 0 saturated heterocycles. The topological polar surface area (TPSA) is 118 Å². The predicted octanol–water partition coefficient (Wildman–Crippen LogP) is -3.91. The van der Waals surface area contributed by atoms with Gasteiger partial charge in [0, 0.05) is 0 Å². The number of hydrogen-bond donors (Lipinski definition) is 2. The number of aromatic carboxylic acids is 1. The Morgan fingerprint density at radius 1 is 0.960 bits per heavy atom. The minimum Gasteiger partial charge on any atom is -0.478 e. The van der Waals surface area contributed by atoms with Gasteiger partial charge in [-0.05, 0) is 5.56 Å². The number of carbonyl (C=O) groups excluding carboxylic acids is 1. The van der Waals surface area contributed by atoms with Gasteiger partial charge in [0.2, 0.25) is 0 Å². The molecule has 0 aliphatic carbocycles. The zero-order chi connectivity index (χ0) is 19.4. The smallest absolute Gasteiger partial charge is 0.339 e. The highest BCUT2D eigenvalue weighted by Gasteiger charge is 2.28. The standard InChI is InChI=1S/C13H20B4O7S/c14-3-6-7(4-15)9(13(20)24-1-2-25(21,22)23)10(12(18)19)11(17)8(6)5-16/h1-5,14-17H2,(H,18,19)(H,21,22,23). The second-order valence-electron chi connectivity index (χ2n) is 5.60. The molecular weight excluding hydrogens is 343 g/mol. The van der Waals surface area contributed by atoms with Gasteiger partial charge in [0.05, 0.1) is 11.1 Å². The number of carboxylic acid groups (broad SMARTS) is 1. The summed E-state index contributed by atoms with van der Waals surface area (Å²) in [4.78, 5) is 24.3. The molecule has 1 aromatic carbocycles. The van der Waals surface area contributed by atoms with Crippen molar-refractivity contribution in [3.8, 4) is 0 Å². The monoisotopic (exact) mass is 364 g/mol. The number of ether oxygens (including phenoxy) is 1. The van der Waals surface area contributed by atoms with E-state index in [-0.39, 0.29) is 11.1 Å². The number of rotatable bonds is 8. The van der Waals surface area contributed by atoms with Crippen LogP contribution in [0.2, 0.25) is 0 Å². The van der Waals surface area contributed by atoms with E-state index in [0.717, 1.165) is 11.1 Å². The molecule has 0 spiro atoms. The lowest BCUT2D eigenvalue weighted by Crippen LogP contribution is -2.30. The van der Waals surface area contributed by atoms with E-state index in [4.69, 9.17) is 9.29 Å². The maximum Gasteiger partial charge on any atom is 0.339 e. The highest BCUT2D eigenvalue weighted by Crippen LogP contribution is 2.23. The first-order chi connectivity index (χ1) is 11.6. The van der Waals surface area contributed by atoms with Crippen LogP contribution in [0.5, 0.6) is 0 Å². The first kappa shape index (κ1) is 21.4. The van der Waals surface area contributed by atoms with E-state index < -0.39 is 34.4 Å². The van der Waals surface area contributed by atoms with E-state index in [1.54, 1.807) is 7.85 Å². The molecule has 12 heteroatoms. The summed E-state index contributed by atoms with van der Waals surface area (Å²) in [5.74, 6) is -2.86. The molecule has 0 aliphatic rings. The Labute approximate surface area is 150 Å². The van der Waals surface area contributed by atoms with Crippen LogP contribution in [0.3, 0.4) is 0 Å². The van der Waals surface area contributed by atoms with Gasteiger partial charge in [-0.2, -0.15) is 8.42 Å². The molecule has 0 fully saturated rings. The molecule has 2 N–H and O–H groups in total. The van der Waals surface area contributed by atoms with Gasteiger partial charge < -0.3 is 9.84 Å². The Morgan fingerprint density at radius 2 is 1.48 bits per heavy atom. The van der Waals surface area contributed by atoms with Crippen LogP contribution < -0.4 is 5.46 Å². The highest BCUT2D eigenvalue weighted by molar-refractivity contribution is 7.85. The van der Waals surface area contributed by atoms with Crippen LogP contribution in [-0.2, 0) is 33.8 Å². The van der Waals surface area contributed by atoms with E-state index in [1.807, 2.05) is 23.5 Å². The molecule has 0 radical (unpaired) electrons. The van der Waals surface area contributed by atoms with E-state index in [9.17, 15) is 23.1 Å². The lowest BCUT2D eigenvalue weighted by molar-refractivity contribution is 0.0515. The van der Waals surface area contributed by atoms with Crippen molar-refractivity contribution in [2.24, 2.45) is 0 Å². The largest absolute Gasteiger partial charge is 0.478 e. The van der Waals surface area contributed by atoms with E-state index in [0.29, 0.717) is 30.0 Å². The van der Waals surface area contributed by atoms with Crippen molar-refractivity contribution < 1.29 is 32.4 Å². The normalized spacial score (nSPS) is 11.2. The van der Waals surface area contributed by atoms with Crippen molar-refractivity contribution in [2.75, 3.05) is 12.4 Å². The maximum absolute atomic E-state index is 12.5. The third-order valence-electron chi connectivity index (χ3n) is 4.16. The zero-order valence-corrected chi connectivity index (χ0v) is 15.7. The van der Waals surface area contributed by atoms with Gasteiger partial charge in [0.15, 0.2) is 0 Å².